The first-order valence-electron chi connectivity index (χ1n) is 24.3. The van der Waals surface area contributed by atoms with Crippen molar-refractivity contribution in [3.8, 4) is 22.3 Å². The lowest BCUT2D eigenvalue weighted by Gasteiger charge is -2.29. The standard InChI is InChI=1S/C64H64N2/c1-9-45(7)51-27-19-31-55(39-51)65(53-29-17-25-49(37-53)43(3)4)57-33-35-59-61(41-57)63(47-21-13-11-14-22-47)60-36-34-58(42-62(60)64(59)48-23-15-12-16-24-48)66(54-30-18-26-50(38-54)44(5)6)56-32-20-28-52(40-56)46(8)10-2/h11-46H,9-10H2,1-8H3. The molecular formula is C64H64N2. The Labute approximate surface area is 394 Å². The Morgan fingerprint density at radius 1 is 0.303 bits per heavy atom. The van der Waals surface area contributed by atoms with Crippen molar-refractivity contribution in [2.24, 2.45) is 0 Å². The summed E-state index contributed by atoms with van der Waals surface area (Å²) in [7, 11) is 0. The van der Waals surface area contributed by atoms with Gasteiger partial charge in [0.25, 0.3) is 0 Å². The normalized spacial score (nSPS) is 12.5. The lowest BCUT2D eigenvalue weighted by atomic mass is 9.85. The number of fused-ring (bicyclic) bond motifs is 2. The fourth-order valence-corrected chi connectivity index (χ4v) is 9.67. The van der Waals surface area contributed by atoms with Crippen LogP contribution in [0.5, 0.6) is 0 Å². The number of anilines is 6. The van der Waals surface area contributed by atoms with Crippen LogP contribution in [0.15, 0.2) is 194 Å². The lowest BCUT2D eigenvalue weighted by molar-refractivity contribution is 0.733. The number of rotatable bonds is 14. The molecule has 0 N–H and O–H groups in total. The molecule has 330 valence electrons. The van der Waals surface area contributed by atoms with Crippen LogP contribution in [0.1, 0.15) is 114 Å². The lowest BCUT2D eigenvalue weighted by Crippen LogP contribution is -2.12. The monoisotopic (exact) mass is 861 g/mol. The van der Waals surface area contributed by atoms with Crippen LogP contribution in [0.4, 0.5) is 34.1 Å². The van der Waals surface area contributed by atoms with E-state index in [-0.39, 0.29) is 0 Å². The molecule has 0 fully saturated rings. The summed E-state index contributed by atoms with van der Waals surface area (Å²) in [6.45, 7) is 18.3. The summed E-state index contributed by atoms with van der Waals surface area (Å²) in [5, 5.41) is 4.90. The van der Waals surface area contributed by atoms with Gasteiger partial charge >= 0.3 is 0 Å². The van der Waals surface area contributed by atoms with E-state index in [0.717, 1.165) is 35.6 Å². The van der Waals surface area contributed by atoms with Gasteiger partial charge in [0.15, 0.2) is 0 Å². The van der Waals surface area contributed by atoms with Crippen LogP contribution < -0.4 is 9.80 Å². The molecule has 9 aromatic rings. The SMILES string of the molecule is CCC(C)c1cccc(N(c2cccc(C(C)C)c2)c2ccc3c(-c4ccccc4)c4cc(N(c5cccc(C(C)C)c5)c5cccc(C(C)CC)c5)ccc4c(-c4ccccc4)c3c2)c1. The van der Waals surface area contributed by atoms with E-state index in [2.05, 4.69) is 259 Å². The van der Waals surface area contributed by atoms with E-state index >= 15 is 0 Å². The topological polar surface area (TPSA) is 6.48 Å². The van der Waals surface area contributed by atoms with E-state index in [1.54, 1.807) is 0 Å². The summed E-state index contributed by atoms with van der Waals surface area (Å²) in [6.07, 6.45) is 2.18. The predicted molar refractivity (Wildman–Crippen MR) is 287 cm³/mol. The summed E-state index contributed by atoms with van der Waals surface area (Å²) in [4.78, 5) is 4.94. The average Bonchev–Trinajstić information content (AvgIpc) is 3.36. The summed E-state index contributed by atoms with van der Waals surface area (Å²) in [6, 6.07) is 73.1. The molecule has 0 aromatic heterocycles. The maximum absolute atomic E-state index is 2.47. The zero-order chi connectivity index (χ0) is 45.9. The van der Waals surface area contributed by atoms with Crippen LogP contribution in [-0.4, -0.2) is 0 Å². The van der Waals surface area contributed by atoms with Gasteiger partial charge in [-0.25, -0.2) is 0 Å². The summed E-state index contributed by atoms with van der Waals surface area (Å²) >= 11 is 0. The van der Waals surface area contributed by atoms with Gasteiger partial charge in [-0.05, 0) is 175 Å². The van der Waals surface area contributed by atoms with Gasteiger partial charge in [-0.1, -0.05) is 177 Å². The van der Waals surface area contributed by atoms with E-state index < -0.39 is 0 Å². The quantitative estimate of drug-likeness (QED) is 0.101. The highest BCUT2D eigenvalue weighted by molar-refractivity contribution is 6.22. The molecule has 0 aliphatic rings. The van der Waals surface area contributed by atoms with E-state index in [9.17, 15) is 0 Å². The zero-order valence-electron chi connectivity index (χ0n) is 40.1. The Hall–Kier alpha value is -6.90. The van der Waals surface area contributed by atoms with E-state index in [1.807, 2.05) is 0 Å². The smallest absolute Gasteiger partial charge is 0.0468 e. The first kappa shape index (κ1) is 44.3. The first-order valence-corrected chi connectivity index (χ1v) is 24.3. The van der Waals surface area contributed by atoms with E-state index in [4.69, 9.17) is 0 Å². The third-order valence-corrected chi connectivity index (χ3v) is 13.9. The summed E-state index contributed by atoms with van der Waals surface area (Å²) in [5.41, 5.74) is 17.2. The third-order valence-electron chi connectivity index (χ3n) is 13.9. The second kappa shape index (κ2) is 19.3. The van der Waals surface area contributed by atoms with E-state index in [1.165, 1.54) is 77.4 Å². The van der Waals surface area contributed by atoms with Crippen molar-refractivity contribution in [1.82, 2.24) is 0 Å². The molecule has 0 spiro atoms. The highest BCUT2D eigenvalue weighted by atomic mass is 15.1. The minimum absolute atomic E-state index is 0.406. The zero-order valence-corrected chi connectivity index (χ0v) is 40.1. The Morgan fingerprint density at radius 2 is 0.621 bits per heavy atom. The number of nitrogens with zero attached hydrogens (tertiary/aromatic N) is 2. The van der Waals surface area contributed by atoms with Gasteiger partial charge in [-0.15, -0.1) is 0 Å². The number of hydrogen-bond acceptors (Lipinski definition) is 2. The Kier molecular flexibility index (Phi) is 12.9. The van der Waals surface area contributed by atoms with Crippen LogP contribution in [0.25, 0.3) is 43.8 Å². The highest BCUT2D eigenvalue weighted by Gasteiger charge is 2.23. The van der Waals surface area contributed by atoms with Gasteiger partial charge in [-0.2, -0.15) is 0 Å². The van der Waals surface area contributed by atoms with Gasteiger partial charge in [0.2, 0.25) is 0 Å². The maximum atomic E-state index is 2.47. The molecule has 2 heteroatoms. The molecule has 0 saturated carbocycles. The van der Waals surface area contributed by atoms with Crippen molar-refractivity contribution in [2.45, 2.75) is 91.9 Å². The largest absolute Gasteiger partial charge is 0.310 e. The molecule has 0 amide bonds. The summed E-state index contributed by atoms with van der Waals surface area (Å²) < 4.78 is 0. The van der Waals surface area contributed by atoms with Gasteiger partial charge in [-0.3, -0.25) is 0 Å². The fraction of sp³-hybridized carbons (Fsp3) is 0.219. The molecule has 2 nitrogen and oxygen atoms in total. The molecule has 0 bridgehead atoms. The number of hydrogen-bond donors (Lipinski definition) is 0. The molecule has 9 rings (SSSR count). The third kappa shape index (κ3) is 8.78. The van der Waals surface area contributed by atoms with E-state index in [0.29, 0.717) is 23.7 Å². The van der Waals surface area contributed by atoms with Crippen LogP contribution in [0.3, 0.4) is 0 Å². The molecule has 0 heterocycles. The van der Waals surface area contributed by atoms with Crippen molar-refractivity contribution < 1.29 is 0 Å². The maximum Gasteiger partial charge on any atom is 0.0468 e. The summed E-state index contributed by atoms with van der Waals surface area (Å²) in [5.74, 6) is 1.73. The van der Waals surface area contributed by atoms with Crippen LogP contribution in [0, 0.1) is 0 Å². The van der Waals surface area contributed by atoms with Crippen LogP contribution in [-0.2, 0) is 0 Å². The first-order chi connectivity index (χ1) is 32.1. The Bertz CT molecular complexity index is 2900. The van der Waals surface area contributed by atoms with Gasteiger partial charge in [0.1, 0.15) is 0 Å². The minimum Gasteiger partial charge on any atom is -0.310 e. The van der Waals surface area contributed by atoms with Crippen molar-refractivity contribution >= 4 is 55.7 Å². The minimum atomic E-state index is 0.406. The van der Waals surface area contributed by atoms with Crippen LogP contribution in [0.2, 0.25) is 0 Å². The molecule has 66 heavy (non-hydrogen) atoms. The fourth-order valence-electron chi connectivity index (χ4n) is 9.67. The Balaban J connectivity index is 1.35. The molecule has 0 radical (unpaired) electrons. The van der Waals surface area contributed by atoms with Crippen molar-refractivity contribution in [1.29, 1.82) is 0 Å². The van der Waals surface area contributed by atoms with Crippen molar-refractivity contribution in [3.05, 3.63) is 216 Å². The highest BCUT2D eigenvalue weighted by Crippen LogP contribution is 2.49. The average molecular weight is 861 g/mol. The Morgan fingerprint density at radius 3 is 0.955 bits per heavy atom. The van der Waals surface area contributed by atoms with Crippen molar-refractivity contribution in [2.75, 3.05) is 9.80 Å². The van der Waals surface area contributed by atoms with Gasteiger partial charge in [0.05, 0.1) is 0 Å². The molecule has 0 aliphatic heterocycles. The second-order valence-corrected chi connectivity index (χ2v) is 18.9. The van der Waals surface area contributed by atoms with Gasteiger partial charge < -0.3 is 9.80 Å². The van der Waals surface area contributed by atoms with Crippen molar-refractivity contribution in [3.63, 3.8) is 0 Å². The molecule has 0 aliphatic carbocycles. The molecule has 9 aromatic carbocycles. The molecule has 2 unspecified atom stereocenters. The second-order valence-electron chi connectivity index (χ2n) is 18.9. The van der Waals surface area contributed by atoms with Gasteiger partial charge in [0, 0.05) is 34.1 Å². The van der Waals surface area contributed by atoms with Crippen LogP contribution >= 0.6 is 0 Å². The molecular weight excluding hydrogens is 797 g/mol. The number of benzene rings is 9. The molecule has 2 atom stereocenters. The predicted octanol–water partition coefficient (Wildman–Crippen LogP) is 19.5. The molecule has 0 saturated heterocycles.